The Hall–Kier alpha value is -1.35. The summed E-state index contributed by atoms with van der Waals surface area (Å²) in [6.07, 6.45) is 2.95. The van der Waals surface area contributed by atoms with E-state index in [0.717, 1.165) is 25.8 Å². The molecule has 2 unspecified atom stereocenters. The third-order valence-corrected chi connectivity index (χ3v) is 3.65. The highest BCUT2D eigenvalue weighted by atomic mass is 16.2. The van der Waals surface area contributed by atoms with Crippen LogP contribution in [0.4, 0.5) is 0 Å². The number of rotatable bonds is 6. The van der Waals surface area contributed by atoms with Gasteiger partial charge in [-0.3, -0.25) is 4.79 Å². The Morgan fingerprint density at radius 3 is 2.89 bits per heavy atom. The molecule has 2 atom stereocenters. The van der Waals surface area contributed by atoms with Gasteiger partial charge in [0.2, 0.25) is 5.91 Å². The average Bonchev–Trinajstić information content (AvgIpc) is 3.15. The summed E-state index contributed by atoms with van der Waals surface area (Å²) in [5, 5.41) is 3.00. The molecule has 1 aliphatic rings. The molecule has 0 aromatic heterocycles. The van der Waals surface area contributed by atoms with Crippen molar-refractivity contribution in [2.45, 2.75) is 32.1 Å². The summed E-state index contributed by atoms with van der Waals surface area (Å²) in [5.74, 6) is 0.824. The van der Waals surface area contributed by atoms with E-state index < -0.39 is 0 Å². The largest absolute Gasteiger partial charge is 0.356 e. The first-order valence-corrected chi connectivity index (χ1v) is 6.77. The van der Waals surface area contributed by atoms with Crippen LogP contribution in [0.2, 0.25) is 0 Å². The Kier molecular flexibility index (Phi) is 4.37. The Morgan fingerprint density at radius 1 is 1.39 bits per heavy atom. The van der Waals surface area contributed by atoms with Crippen LogP contribution in [0.3, 0.4) is 0 Å². The fraction of sp³-hybridized carbons (Fsp3) is 0.533. The lowest BCUT2D eigenvalue weighted by Crippen LogP contribution is -2.26. The first-order chi connectivity index (χ1) is 8.74. The lowest BCUT2D eigenvalue weighted by molar-refractivity contribution is -0.122. The Labute approximate surface area is 109 Å². The molecule has 3 N–H and O–H groups in total. The van der Waals surface area contributed by atoms with Crippen LogP contribution in [0.5, 0.6) is 0 Å². The number of hydrogen-bond donors (Lipinski definition) is 2. The van der Waals surface area contributed by atoms with Gasteiger partial charge in [-0.15, -0.1) is 0 Å². The van der Waals surface area contributed by atoms with Crippen LogP contribution >= 0.6 is 0 Å². The van der Waals surface area contributed by atoms with E-state index in [-0.39, 0.29) is 11.8 Å². The summed E-state index contributed by atoms with van der Waals surface area (Å²) in [7, 11) is 0. The molecular weight excluding hydrogens is 224 g/mol. The van der Waals surface area contributed by atoms with Crippen molar-refractivity contribution < 1.29 is 4.79 Å². The van der Waals surface area contributed by atoms with Crippen molar-refractivity contribution in [2.75, 3.05) is 13.1 Å². The Morgan fingerprint density at radius 2 is 2.17 bits per heavy atom. The van der Waals surface area contributed by atoms with Crippen molar-refractivity contribution in [2.24, 2.45) is 11.7 Å². The highest BCUT2D eigenvalue weighted by molar-refractivity contribution is 5.82. The number of nitrogens with one attached hydrogen (secondary N) is 1. The van der Waals surface area contributed by atoms with Crippen molar-refractivity contribution in [3.8, 4) is 0 Å². The van der Waals surface area contributed by atoms with Gasteiger partial charge in [0.15, 0.2) is 0 Å². The Bertz CT molecular complexity index is 417. The van der Waals surface area contributed by atoms with E-state index in [4.69, 9.17) is 5.73 Å². The second-order valence-electron chi connectivity index (χ2n) is 5.09. The third kappa shape index (κ3) is 3.10. The van der Waals surface area contributed by atoms with Crippen LogP contribution in [-0.2, 0) is 4.79 Å². The van der Waals surface area contributed by atoms with E-state index in [1.165, 1.54) is 11.1 Å². The summed E-state index contributed by atoms with van der Waals surface area (Å²) in [4.78, 5) is 11.9. The van der Waals surface area contributed by atoms with Gasteiger partial charge in [0.25, 0.3) is 0 Å². The predicted octanol–water partition coefficient (Wildman–Crippen LogP) is 1.95. The molecule has 0 aliphatic heterocycles. The summed E-state index contributed by atoms with van der Waals surface area (Å²) in [6, 6.07) is 8.35. The average molecular weight is 246 g/mol. The smallest absolute Gasteiger partial charge is 0.223 e. The molecule has 0 spiro atoms. The predicted molar refractivity (Wildman–Crippen MR) is 73.3 cm³/mol. The van der Waals surface area contributed by atoms with E-state index in [9.17, 15) is 4.79 Å². The third-order valence-electron chi connectivity index (χ3n) is 3.65. The summed E-state index contributed by atoms with van der Waals surface area (Å²) < 4.78 is 0. The van der Waals surface area contributed by atoms with Gasteiger partial charge in [0.1, 0.15) is 0 Å². The SMILES string of the molecule is Cc1ccccc1C1CC1C(=O)NCCCCN. The number of carbonyl (C=O) groups is 1. The van der Waals surface area contributed by atoms with Gasteiger partial charge < -0.3 is 11.1 Å². The molecule has 0 bridgehead atoms. The van der Waals surface area contributed by atoms with Gasteiger partial charge in [-0.1, -0.05) is 24.3 Å². The molecule has 3 nitrogen and oxygen atoms in total. The van der Waals surface area contributed by atoms with E-state index in [1.807, 2.05) is 6.07 Å². The number of aryl methyl sites for hydroxylation is 1. The minimum atomic E-state index is 0.184. The maximum Gasteiger partial charge on any atom is 0.223 e. The molecule has 1 fully saturated rings. The molecule has 1 aliphatic carbocycles. The maximum atomic E-state index is 11.9. The van der Waals surface area contributed by atoms with Gasteiger partial charge in [-0.2, -0.15) is 0 Å². The lowest BCUT2D eigenvalue weighted by Gasteiger charge is -2.06. The maximum absolute atomic E-state index is 11.9. The van der Waals surface area contributed by atoms with Crippen LogP contribution in [-0.4, -0.2) is 19.0 Å². The van der Waals surface area contributed by atoms with Crippen LogP contribution in [0.15, 0.2) is 24.3 Å². The summed E-state index contributed by atoms with van der Waals surface area (Å²) in [6.45, 7) is 3.57. The number of hydrogen-bond acceptors (Lipinski definition) is 2. The minimum absolute atomic E-state index is 0.184. The van der Waals surface area contributed by atoms with E-state index in [0.29, 0.717) is 12.5 Å². The van der Waals surface area contributed by atoms with E-state index in [1.54, 1.807) is 0 Å². The molecule has 3 heteroatoms. The van der Waals surface area contributed by atoms with Gasteiger partial charge in [-0.05, 0) is 49.8 Å². The van der Waals surface area contributed by atoms with Crippen molar-refractivity contribution in [3.63, 3.8) is 0 Å². The van der Waals surface area contributed by atoms with Gasteiger partial charge in [0.05, 0.1) is 0 Å². The summed E-state index contributed by atoms with van der Waals surface area (Å²) >= 11 is 0. The quantitative estimate of drug-likeness (QED) is 0.754. The van der Waals surface area contributed by atoms with E-state index in [2.05, 4.69) is 30.4 Å². The normalized spacial score (nSPS) is 21.7. The molecule has 1 amide bonds. The zero-order valence-corrected chi connectivity index (χ0v) is 11.0. The van der Waals surface area contributed by atoms with Gasteiger partial charge >= 0.3 is 0 Å². The standard InChI is InChI=1S/C15H22N2O/c1-11-6-2-3-7-12(11)13-10-14(13)15(18)17-9-5-4-8-16/h2-3,6-7,13-14H,4-5,8-10,16H2,1H3,(H,17,18). The van der Waals surface area contributed by atoms with Crippen LogP contribution in [0.1, 0.15) is 36.3 Å². The molecule has 98 valence electrons. The van der Waals surface area contributed by atoms with Crippen molar-refractivity contribution in [1.29, 1.82) is 0 Å². The number of carbonyl (C=O) groups excluding carboxylic acids is 1. The molecule has 0 saturated heterocycles. The molecule has 1 aromatic rings. The highest BCUT2D eigenvalue weighted by Gasteiger charge is 2.44. The molecule has 18 heavy (non-hydrogen) atoms. The van der Waals surface area contributed by atoms with Crippen LogP contribution < -0.4 is 11.1 Å². The van der Waals surface area contributed by atoms with Crippen LogP contribution in [0, 0.1) is 12.8 Å². The molecule has 0 heterocycles. The number of nitrogens with two attached hydrogens (primary N) is 1. The second-order valence-corrected chi connectivity index (χ2v) is 5.09. The fourth-order valence-corrected chi connectivity index (χ4v) is 2.44. The molecular formula is C15H22N2O. The zero-order chi connectivity index (χ0) is 13.0. The van der Waals surface area contributed by atoms with Gasteiger partial charge in [0, 0.05) is 12.5 Å². The molecule has 1 aromatic carbocycles. The number of unbranched alkanes of at least 4 members (excludes halogenated alkanes) is 1. The molecule has 1 saturated carbocycles. The Balaban J connectivity index is 1.80. The van der Waals surface area contributed by atoms with E-state index >= 15 is 0 Å². The topological polar surface area (TPSA) is 55.1 Å². The monoisotopic (exact) mass is 246 g/mol. The first kappa shape index (κ1) is 13.1. The zero-order valence-electron chi connectivity index (χ0n) is 11.0. The number of benzene rings is 1. The van der Waals surface area contributed by atoms with Gasteiger partial charge in [-0.25, -0.2) is 0 Å². The lowest BCUT2D eigenvalue weighted by atomic mass is 10.0. The van der Waals surface area contributed by atoms with Crippen molar-refractivity contribution >= 4 is 5.91 Å². The van der Waals surface area contributed by atoms with Crippen LogP contribution in [0.25, 0.3) is 0 Å². The van der Waals surface area contributed by atoms with Crippen molar-refractivity contribution in [1.82, 2.24) is 5.32 Å². The molecule has 2 rings (SSSR count). The molecule has 0 radical (unpaired) electrons. The minimum Gasteiger partial charge on any atom is -0.356 e. The number of amides is 1. The summed E-state index contributed by atoms with van der Waals surface area (Å²) in [5.41, 5.74) is 8.05. The fourth-order valence-electron chi connectivity index (χ4n) is 2.44. The van der Waals surface area contributed by atoms with Crippen molar-refractivity contribution in [3.05, 3.63) is 35.4 Å². The first-order valence-electron chi connectivity index (χ1n) is 6.77. The highest BCUT2D eigenvalue weighted by Crippen LogP contribution is 2.48. The second kappa shape index (κ2) is 6.01.